The second kappa shape index (κ2) is 14.7. The molecule has 0 spiro atoms. The lowest BCUT2D eigenvalue weighted by atomic mass is 10.0. The van der Waals surface area contributed by atoms with E-state index in [2.05, 4.69) is 25.9 Å². The molecule has 19 heavy (non-hydrogen) atoms. The molecule has 1 atom stereocenters. The standard InChI is InChI=1S/C17H36ClN/c1-4-5-6-7-8-9-10-11-12-14-17(19(2)3)15-13-16-18/h17H,4-16H2,1-3H3. The van der Waals surface area contributed by atoms with Gasteiger partial charge in [-0.2, -0.15) is 0 Å². The van der Waals surface area contributed by atoms with Crippen molar-refractivity contribution in [2.24, 2.45) is 0 Å². The summed E-state index contributed by atoms with van der Waals surface area (Å²) < 4.78 is 0. The highest BCUT2D eigenvalue weighted by Crippen LogP contribution is 2.15. The molecule has 0 aliphatic heterocycles. The summed E-state index contributed by atoms with van der Waals surface area (Å²) in [6.07, 6.45) is 16.6. The van der Waals surface area contributed by atoms with Crippen LogP contribution >= 0.6 is 11.6 Å². The van der Waals surface area contributed by atoms with Gasteiger partial charge in [0.15, 0.2) is 0 Å². The lowest BCUT2D eigenvalue weighted by molar-refractivity contribution is 0.256. The maximum atomic E-state index is 5.79. The molecule has 0 saturated carbocycles. The minimum absolute atomic E-state index is 0.739. The fraction of sp³-hybridized carbons (Fsp3) is 1.00. The average molecular weight is 290 g/mol. The van der Waals surface area contributed by atoms with Gasteiger partial charge < -0.3 is 4.90 Å². The monoisotopic (exact) mass is 289 g/mol. The largest absolute Gasteiger partial charge is 0.306 e. The number of hydrogen-bond donors (Lipinski definition) is 0. The van der Waals surface area contributed by atoms with Crippen LogP contribution in [-0.2, 0) is 0 Å². The molecule has 0 aromatic rings. The van der Waals surface area contributed by atoms with Crippen molar-refractivity contribution in [2.45, 2.75) is 90.0 Å². The first-order valence-corrected chi connectivity index (χ1v) is 8.98. The molecule has 0 rings (SSSR count). The molecule has 0 aromatic carbocycles. The molecule has 0 aliphatic carbocycles. The summed E-state index contributed by atoms with van der Waals surface area (Å²) >= 11 is 5.79. The van der Waals surface area contributed by atoms with Gasteiger partial charge in [0.05, 0.1) is 0 Å². The zero-order valence-electron chi connectivity index (χ0n) is 13.6. The maximum absolute atomic E-state index is 5.79. The second-order valence-electron chi connectivity index (χ2n) is 6.07. The van der Waals surface area contributed by atoms with Crippen LogP contribution in [0.25, 0.3) is 0 Å². The van der Waals surface area contributed by atoms with Crippen molar-refractivity contribution >= 4 is 11.6 Å². The zero-order valence-corrected chi connectivity index (χ0v) is 14.4. The van der Waals surface area contributed by atoms with Crippen molar-refractivity contribution in [1.82, 2.24) is 4.90 Å². The van der Waals surface area contributed by atoms with Crippen LogP contribution in [-0.4, -0.2) is 30.9 Å². The SMILES string of the molecule is CCCCCCCCCCCC(CCCCl)N(C)C. The molecule has 116 valence electrons. The van der Waals surface area contributed by atoms with E-state index in [1.807, 2.05) is 0 Å². The van der Waals surface area contributed by atoms with E-state index in [4.69, 9.17) is 11.6 Å². The van der Waals surface area contributed by atoms with E-state index < -0.39 is 0 Å². The summed E-state index contributed by atoms with van der Waals surface area (Å²) in [6, 6.07) is 0.739. The molecule has 0 fully saturated rings. The van der Waals surface area contributed by atoms with Gasteiger partial charge in [-0.15, -0.1) is 11.6 Å². The van der Waals surface area contributed by atoms with E-state index in [1.54, 1.807) is 0 Å². The number of nitrogens with zero attached hydrogens (tertiary/aromatic N) is 1. The molecule has 0 radical (unpaired) electrons. The molecule has 2 heteroatoms. The molecule has 0 bridgehead atoms. The van der Waals surface area contributed by atoms with Crippen LogP contribution in [0.15, 0.2) is 0 Å². The Morgan fingerprint density at radius 1 is 0.737 bits per heavy atom. The molecule has 0 aliphatic rings. The van der Waals surface area contributed by atoms with Crippen molar-refractivity contribution in [2.75, 3.05) is 20.0 Å². The number of unbranched alkanes of at least 4 members (excludes halogenated alkanes) is 8. The molecular weight excluding hydrogens is 254 g/mol. The van der Waals surface area contributed by atoms with Crippen LogP contribution in [0.3, 0.4) is 0 Å². The van der Waals surface area contributed by atoms with Gasteiger partial charge in [0.25, 0.3) is 0 Å². The van der Waals surface area contributed by atoms with Gasteiger partial charge in [0, 0.05) is 11.9 Å². The summed E-state index contributed by atoms with van der Waals surface area (Å²) in [7, 11) is 4.40. The van der Waals surface area contributed by atoms with Crippen LogP contribution in [0.4, 0.5) is 0 Å². The van der Waals surface area contributed by atoms with Gasteiger partial charge in [0.1, 0.15) is 0 Å². The number of hydrogen-bond acceptors (Lipinski definition) is 1. The van der Waals surface area contributed by atoms with Crippen molar-refractivity contribution < 1.29 is 0 Å². The average Bonchev–Trinajstić information content (AvgIpc) is 2.39. The van der Waals surface area contributed by atoms with Gasteiger partial charge >= 0.3 is 0 Å². The third-order valence-corrected chi connectivity index (χ3v) is 4.31. The van der Waals surface area contributed by atoms with Gasteiger partial charge in [-0.25, -0.2) is 0 Å². The molecule has 0 N–H and O–H groups in total. The molecule has 0 amide bonds. The number of alkyl halides is 1. The Bertz CT molecular complexity index is 171. The normalized spacial score (nSPS) is 13.1. The predicted octanol–water partition coefficient (Wildman–Crippen LogP) is 5.86. The Labute approximate surface area is 127 Å². The molecule has 1 nitrogen and oxygen atoms in total. The lowest BCUT2D eigenvalue weighted by Crippen LogP contribution is -2.27. The Hall–Kier alpha value is 0.250. The molecule has 0 heterocycles. The van der Waals surface area contributed by atoms with Crippen LogP contribution < -0.4 is 0 Å². The molecule has 1 unspecified atom stereocenters. The molecule has 0 aromatic heterocycles. The summed E-state index contributed by atoms with van der Waals surface area (Å²) in [5.41, 5.74) is 0. The number of rotatable bonds is 14. The summed E-state index contributed by atoms with van der Waals surface area (Å²) in [4.78, 5) is 2.37. The summed E-state index contributed by atoms with van der Waals surface area (Å²) in [5.74, 6) is 0.808. The van der Waals surface area contributed by atoms with Gasteiger partial charge in [0.2, 0.25) is 0 Å². The number of halogens is 1. The second-order valence-corrected chi connectivity index (χ2v) is 6.44. The third kappa shape index (κ3) is 13.0. The molecule has 0 saturated heterocycles. The van der Waals surface area contributed by atoms with Gasteiger partial charge in [-0.3, -0.25) is 0 Å². The highest BCUT2D eigenvalue weighted by molar-refractivity contribution is 6.17. The van der Waals surface area contributed by atoms with Crippen molar-refractivity contribution in [3.8, 4) is 0 Å². The maximum Gasteiger partial charge on any atom is 0.0224 e. The predicted molar refractivity (Wildman–Crippen MR) is 89.3 cm³/mol. The van der Waals surface area contributed by atoms with Crippen molar-refractivity contribution in [3.63, 3.8) is 0 Å². The topological polar surface area (TPSA) is 3.24 Å². The van der Waals surface area contributed by atoms with E-state index in [0.29, 0.717) is 0 Å². The first-order valence-electron chi connectivity index (χ1n) is 8.44. The van der Waals surface area contributed by atoms with Crippen LogP contribution in [0.5, 0.6) is 0 Å². The first-order chi connectivity index (χ1) is 9.22. The fourth-order valence-corrected chi connectivity index (χ4v) is 2.82. The van der Waals surface area contributed by atoms with Crippen molar-refractivity contribution in [3.05, 3.63) is 0 Å². The zero-order chi connectivity index (χ0) is 14.3. The van der Waals surface area contributed by atoms with Crippen molar-refractivity contribution in [1.29, 1.82) is 0 Å². The smallest absolute Gasteiger partial charge is 0.0224 e. The highest BCUT2D eigenvalue weighted by atomic mass is 35.5. The summed E-state index contributed by atoms with van der Waals surface area (Å²) in [5, 5.41) is 0. The molecular formula is C17H36ClN. The van der Waals surface area contributed by atoms with Gasteiger partial charge in [-0.05, 0) is 33.4 Å². The van der Waals surface area contributed by atoms with Gasteiger partial charge in [-0.1, -0.05) is 64.7 Å². The van der Waals surface area contributed by atoms with E-state index in [-0.39, 0.29) is 0 Å². The lowest BCUT2D eigenvalue weighted by Gasteiger charge is -2.24. The summed E-state index contributed by atoms with van der Waals surface area (Å²) in [6.45, 7) is 2.28. The van der Waals surface area contributed by atoms with E-state index in [1.165, 1.54) is 70.6 Å². The minimum Gasteiger partial charge on any atom is -0.306 e. The van der Waals surface area contributed by atoms with Crippen LogP contribution in [0.2, 0.25) is 0 Å². The Kier molecular flexibility index (Phi) is 14.8. The third-order valence-electron chi connectivity index (χ3n) is 4.04. The van der Waals surface area contributed by atoms with E-state index in [9.17, 15) is 0 Å². The quantitative estimate of drug-likeness (QED) is 0.286. The van der Waals surface area contributed by atoms with Crippen LogP contribution in [0.1, 0.15) is 84.0 Å². The van der Waals surface area contributed by atoms with E-state index >= 15 is 0 Å². The first kappa shape index (κ1) is 19.2. The Balaban J connectivity index is 3.34. The van der Waals surface area contributed by atoms with E-state index in [0.717, 1.165) is 18.3 Å². The van der Waals surface area contributed by atoms with Crippen LogP contribution in [0, 0.1) is 0 Å². The highest BCUT2D eigenvalue weighted by Gasteiger charge is 2.09. The fourth-order valence-electron chi connectivity index (χ4n) is 2.66. The Morgan fingerprint density at radius 3 is 1.68 bits per heavy atom. The Morgan fingerprint density at radius 2 is 1.21 bits per heavy atom. The minimum atomic E-state index is 0.739.